The van der Waals surface area contributed by atoms with Crippen molar-refractivity contribution in [2.24, 2.45) is 0 Å². The first-order chi connectivity index (χ1) is 6.68. The summed E-state index contributed by atoms with van der Waals surface area (Å²) in [5, 5.41) is 0. The topological polar surface area (TPSA) is 26.3 Å². The molecule has 4 atom stereocenters. The number of alkyl halides is 1. The molecule has 0 spiro atoms. The second-order valence-corrected chi connectivity index (χ2v) is 8.19. The Balaban J connectivity index is 2.06. The van der Waals surface area contributed by atoms with Crippen molar-refractivity contribution in [2.45, 2.75) is 53.2 Å². The van der Waals surface area contributed by atoms with Crippen molar-refractivity contribution in [1.29, 1.82) is 0 Å². The SMILES string of the molecule is CC(=O)OC1C2CCCCC([Se]2)C1Br. The van der Waals surface area contributed by atoms with Gasteiger partial charge in [-0.3, -0.25) is 0 Å². The summed E-state index contributed by atoms with van der Waals surface area (Å²) in [5.41, 5.74) is 0. The van der Waals surface area contributed by atoms with Gasteiger partial charge in [0.2, 0.25) is 0 Å². The van der Waals surface area contributed by atoms with Gasteiger partial charge in [-0.2, -0.15) is 0 Å². The van der Waals surface area contributed by atoms with Gasteiger partial charge in [-0.1, -0.05) is 0 Å². The standard InChI is InChI=1S/C10H15BrO2Se/c1-6(12)13-10-8-5-3-2-4-7(14-8)9(10)11/h7-10H,2-5H2,1H3. The van der Waals surface area contributed by atoms with Crippen molar-refractivity contribution >= 4 is 36.9 Å². The van der Waals surface area contributed by atoms with E-state index in [9.17, 15) is 4.79 Å². The van der Waals surface area contributed by atoms with Gasteiger partial charge in [0.15, 0.2) is 0 Å². The molecule has 4 heteroatoms. The third-order valence-electron chi connectivity index (χ3n) is 2.91. The Hall–Kier alpha value is 0.469. The molecule has 14 heavy (non-hydrogen) atoms. The van der Waals surface area contributed by atoms with Gasteiger partial charge in [-0.05, 0) is 0 Å². The van der Waals surface area contributed by atoms with E-state index in [1.807, 2.05) is 0 Å². The number of halogens is 1. The summed E-state index contributed by atoms with van der Waals surface area (Å²) >= 11 is 4.38. The molecule has 2 bridgehead atoms. The van der Waals surface area contributed by atoms with Crippen molar-refractivity contribution in [3.63, 3.8) is 0 Å². The number of esters is 1. The quantitative estimate of drug-likeness (QED) is 0.421. The minimum atomic E-state index is -0.124. The van der Waals surface area contributed by atoms with Crippen molar-refractivity contribution in [3.8, 4) is 0 Å². The Labute approximate surface area is 99.4 Å². The number of ether oxygens (including phenoxy) is 1. The van der Waals surface area contributed by atoms with Crippen LogP contribution in [-0.2, 0) is 9.53 Å². The molecule has 2 saturated heterocycles. The molecule has 0 aliphatic carbocycles. The van der Waals surface area contributed by atoms with Crippen molar-refractivity contribution < 1.29 is 9.53 Å². The molecular formula is C10H15BrO2Se. The van der Waals surface area contributed by atoms with E-state index in [2.05, 4.69) is 15.9 Å². The van der Waals surface area contributed by atoms with E-state index in [-0.39, 0.29) is 12.1 Å². The third-order valence-corrected chi connectivity index (χ3v) is 8.49. The normalized spacial score (nSPS) is 41.9. The number of rotatable bonds is 1. The van der Waals surface area contributed by atoms with Crippen molar-refractivity contribution in [2.75, 3.05) is 0 Å². The zero-order valence-corrected chi connectivity index (χ0v) is 11.5. The Morgan fingerprint density at radius 1 is 1.36 bits per heavy atom. The first kappa shape index (κ1) is 11.0. The summed E-state index contributed by atoms with van der Waals surface area (Å²) in [4.78, 5) is 12.9. The monoisotopic (exact) mass is 326 g/mol. The predicted molar refractivity (Wildman–Crippen MR) is 60.0 cm³/mol. The first-order valence-electron chi connectivity index (χ1n) is 5.15. The molecule has 4 unspecified atom stereocenters. The zero-order chi connectivity index (χ0) is 10.1. The van der Waals surface area contributed by atoms with Crippen LogP contribution in [0.2, 0.25) is 9.63 Å². The zero-order valence-electron chi connectivity index (χ0n) is 8.24. The molecule has 0 aromatic carbocycles. The van der Waals surface area contributed by atoms with E-state index in [0.717, 1.165) is 4.82 Å². The predicted octanol–water partition coefficient (Wildman–Crippen LogP) is 2.55. The van der Waals surface area contributed by atoms with Gasteiger partial charge in [0.25, 0.3) is 0 Å². The Morgan fingerprint density at radius 2 is 2.00 bits per heavy atom. The third kappa shape index (κ3) is 2.17. The van der Waals surface area contributed by atoms with Gasteiger partial charge in [-0.15, -0.1) is 0 Å². The average molecular weight is 326 g/mol. The first-order valence-corrected chi connectivity index (χ1v) is 8.04. The molecule has 0 radical (unpaired) electrons. The summed E-state index contributed by atoms with van der Waals surface area (Å²) < 4.78 is 5.42. The summed E-state index contributed by atoms with van der Waals surface area (Å²) in [6, 6.07) is 0. The molecule has 2 aliphatic rings. The van der Waals surface area contributed by atoms with E-state index >= 15 is 0 Å². The van der Waals surface area contributed by atoms with Crippen LogP contribution in [-0.4, -0.2) is 31.9 Å². The van der Waals surface area contributed by atoms with Gasteiger partial charge in [0.05, 0.1) is 0 Å². The van der Waals surface area contributed by atoms with Crippen LogP contribution < -0.4 is 0 Å². The summed E-state index contributed by atoms with van der Waals surface area (Å²) in [7, 11) is 0. The van der Waals surface area contributed by atoms with Crippen LogP contribution in [0.25, 0.3) is 0 Å². The molecule has 0 aromatic rings. The number of hydrogen-bond acceptors (Lipinski definition) is 2. The van der Waals surface area contributed by atoms with E-state index in [1.165, 1.54) is 32.6 Å². The molecule has 2 nitrogen and oxygen atoms in total. The fourth-order valence-corrected chi connectivity index (χ4v) is 7.77. The van der Waals surface area contributed by atoms with Crippen molar-refractivity contribution in [3.05, 3.63) is 0 Å². The second-order valence-electron chi connectivity index (χ2n) is 4.02. The fraction of sp³-hybridized carbons (Fsp3) is 0.900. The Bertz CT molecular complexity index is 234. The van der Waals surface area contributed by atoms with E-state index in [0.29, 0.717) is 24.6 Å². The molecule has 2 aliphatic heterocycles. The van der Waals surface area contributed by atoms with E-state index < -0.39 is 0 Å². The molecule has 2 heterocycles. The van der Waals surface area contributed by atoms with E-state index in [4.69, 9.17) is 4.74 Å². The second kappa shape index (κ2) is 4.54. The van der Waals surface area contributed by atoms with Gasteiger partial charge in [-0.25, -0.2) is 0 Å². The number of fused-ring (bicyclic) bond motifs is 2. The van der Waals surface area contributed by atoms with Crippen LogP contribution >= 0.6 is 15.9 Å². The Morgan fingerprint density at radius 3 is 2.64 bits per heavy atom. The Kier molecular flexibility index (Phi) is 3.56. The number of hydrogen-bond donors (Lipinski definition) is 0. The van der Waals surface area contributed by atoms with Gasteiger partial charge < -0.3 is 0 Å². The molecule has 0 amide bonds. The van der Waals surface area contributed by atoms with E-state index in [1.54, 1.807) is 0 Å². The van der Waals surface area contributed by atoms with Crippen LogP contribution in [0.15, 0.2) is 0 Å². The van der Waals surface area contributed by atoms with Crippen LogP contribution in [0.1, 0.15) is 32.6 Å². The van der Waals surface area contributed by atoms with Gasteiger partial charge in [0.1, 0.15) is 0 Å². The summed E-state index contributed by atoms with van der Waals surface area (Å²) in [5.74, 6) is -0.124. The maximum atomic E-state index is 11.0. The molecule has 2 rings (SSSR count). The number of carbonyl (C=O) groups is 1. The van der Waals surface area contributed by atoms with Crippen LogP contribution in [0.4, 0.5) is 0 Å². The molecule has 0 aromatic heterocycles. The molecule has 0 N–H and O–H groups in total. The maximum absolute atomic E-state index is 11.0. The summed E-state index contributed by atoms with van der Waals surface area (Å²) in [6.07, 6.45) is 5.43. The van der Waals surface area contributed by atoms with Crippen LogP contribution in [0, 0.1) is 0 Å². The van der Waals surface area contributed by atoms with Crippen LogP contribution in [0.5, 0.6) is 0 Å². The molecule has 2 fully saturated rings. The molecule has 80 valence electrons. The number of carbonyl (C=O) groups excluding carboxylic acids is 1. The van der Waals surface area contributed by atoms with Crippen molar-refractivity contribution in [1.82, 2.24) is 0 Å². The minimum absolute atomic E-state index is 0.124. The van der Waals surface area contributed by atoms with Gasteiger partial charge >= 0.3 is 99.6 Å². The molecular weight excluding hydrogens is 311 g/mol. The molecule has 0 saturated carbocycles. The fourth-order valence-electron chi connectivity index (χ4n) is 2.28. The van der Waals surface area contributed by atoms with Gasteiger partial charge in [0, 0.05) is 0 Å². The van der Waals surface area contributed by atoms with Crippen LogP contribution in [0.3, 0.4) is 0 Å². The average Bonchev–Trinajstić information content (AvgIpc) is 2.39. The summed E-state index contributed by atoms with van der Waals surface area (Å²) in [6.45, 7) is 1.52.